The number of aromatic nitrogens is 1. The van der Waals surface area contributed by atoms with Crippen molar-refractivity contribution in [1.82, 2.24) is 4.98 Å². The SMILES string of the molecule is C=Cc1coc(CCl)n1. The van der Waals surface area contributed by atoms with E-state index in [-0.39, 0.29) is 0 Å². The molecule has 0 N–H and O–H groups in total. The first-order valence-corrected chi connectivity index (χ1v) is 3.03. The second-order valence-electron chi connectivity index (χ2n) is 1.50. The van der Waals surface area contributed by atoms with Crippen molar-refractivity contribution in [3.05, 3.63) is 24.4 Å². The van der Waals surface area contributed by atoms with Gasteiger partial charge in [0.1, 0.15) is 12.0 Å². The van der Waals surface area contributed by atoms with E-state index in [2.05, 4.69) is 11.6 Å². The van der Waals surface area contributed by atoms with Crippen LogP contribution >= 0.6 is 11.6 Å². The minimum absolute atomic E-state index is 0.313. The molecule has 1 heterocycles. The van der Waals surface area contributed by atoms with E-state index < -0.39 is 0 Å². The molecule has 1 aromatic rings. The quantitative estimate of drug-likeness (QED) is 0.593. The zero-order valence-electron chi connectivity index (χ0n) is 4.80. The minimum Gasteiger partial charge on any atom is -0.447 e. The highest BCUT2D eigenvalue weighted by Gasteiger charge is 1.96. The van der Waals surface area contributed by atoms with Crippen molar-refractivity contribution in [2.24, 2.45) is 0 Å². The predicted molar refractivity (Wildman–Crippen MR) is 36.2 cm³/mol. The lowest BCUT2D eigenvalue weighted by Gasteiger charge is -1.77. The third kappa shape index (κ3) is 1.33. The lowest BCUT2D eigenvalue weighted by atomic mass is 10.5. The maximum absolute atomic E-state index is 5.41. The van der Waals surface area contributed by atoms with Gasteiger partial charge in [-0.25, -0.2) is 4.98 Å². The first-order chi connectivity index (χ1) is 4.36. The van der Waals surface area contributed by atoms with E-state index in [0.717, 1.165) is 5.69 Å². The van der Waals surface area contributed by atoms with E-state index in [1.54, 1.807) is 6.08 Å². The van der Waals surface area contributed by atoms with Crippen LogP contribution in [-0.2, 0) is 5.88 Å². The molecular formula is C6H6ClNO. The lowest BCUT2D eigenvalue weighted by molar-refractivity contribution is 0.516. The Hall–Kier alpha value is -0.760. The summed E-state index contributed by atoms with van der Waals surface area (Å²) < 4.78 is 4.89. The van der Waals surface area contributed by atoms with Crippen molar-refractivity contribution >= 4 is 17.7 Å². The molecule has 0 bridgehead atoms. The van der Waals surface area contributed by atoms with Crippen LogP contribution in [0.15, 0.2) is 17.3 Å². The zero-order chi connectivity index (χ0) is 6.69. The Morgan fingerprint density at radius 2 is 2.67 bits per heavy atom. The summed E-state index contributed by atoms with van der Waals surface area (Å²) in [6.45, 7) is 3.51. The van der Waals surface area contributed by atoms with E-state index in [1.807, 2.05) is 0 Å². The highest BCUT2D eigenvalue weighted by molar-refractivity contribution is 6.16. The molecule has 0 aliphatic rings. The van der Waals surface area contributed by atoms with Gasteiger partial charge in [-0.1, -0.05) is 6.58 Å². The third-order valence-electron chi connectivity index (χ3n) is 0.893. The van der Waals surface area contributed by atoms with Gasteiger partial charge in [0.15, 0.2) is 0 Å². The summed E-state index contributed by atoms with van der Waals surface area (Å²) in [4.78, 5) is 3.93. The Labute approximate surface area is 58.2 Å². The van der Waals surface area contributed by atoms with Gasteiger partial charge in [0, 0.05) is 0 Å². The molecule has 48 valence electrons. The summed E-state index contributed by atoms with van der Waals surface area (Å²) in [7, 11) is 0. The van der Waals surface area contributed by atoms with Gasteiger partial charge in [-0.3, -0.25) is 0 Å². The number of halogens is 1. The van der Waals surface area contributed by atoms with Crippen molar-refractivity contribution in [3.8, 4) is 0 Å². The topological polar surface area (TPSA) is 26.0 Å². The van der Waals surface area contributed by atoms with Crippen LogP contribution in [0, 0.1) is 0 Å². The third-order valence-corrected chi connectivity index (χ3v) is 1.12. The highest BCUT2D eigenvalue weighted by atomic mass is 35.5. The summed E-state index contributed by atoms with van der Waals surface area (Å²) >= 11 is 5.41. The van der Waals surface area contributed by atoms with Gasteiger partial charge in [0.05, 0.1) is 5.88 Å². The van der Waals surface area contributed by atoms with Crippen LogP contribution in [0.3, 0.4) is 0 Å². The van der Waals surface area contributed by atoms with Crippen LogP contribution < -0.4 is 0 Å². The molecule has 3 heteroatoms. The van der Waals surface area contributed by atoms with Crippen molar-refractivity contribution in [2.75, 3.05) is 0 Å². The van der Waals surface area contributed by atoms with E-state index in [9.17, 15) is 0 Å². The summed E-state index contributed by atoms with van der Waals surface area (Å²) in [6.07, 6.45) is 3.13. The number of alkyl halides is 1. The molecule has 0 saturated heterocycles. The van der Waals surface area contributed by atoms with Crippen LogP contribution in [-0.4, -0.2) is 4.98 Å². The van der Waals surface area contributed by atoms with Crippen LogP contribution in [0.1, 0.15) is 11.6 Å². The predicted octanol–water partition coefficient (Wildman–Crippen LogP) is 2.06. The van der Waals surface area contributed by atoms with E-state index in [1.165, 1.54) is 6.26 Å². The molecule has 1 aromatic heterocycles. The molecule has 1 rings (SSSR count). The molecule has 0 unspecified atom stereocenters. The largest absolute Gasteiger partial charge is 0.447 e. The van der Waals surface area contributed by atoms with Gasteiger partial charge in [0.25, 0.3) is 0 Å². The molecule has 0 atom stereocenters. The summed E-state index contributed by atoms with van der Waals surface area (Å²) in [5.41, 5.74) is 0.727. The zero-order valence-corrected chi connectivity index (χ0v) is 5.56. The maximum atomic E-state index is 5.41. The normalized spacial score (nSPS) is 9.44. The number of rotatable bonds is 2. The smallest absolute Gasteiger partial charge is 0.209 e. The van der Waals surface area contributed by atoms with Gasteiger partial charge < -0.3 is 4.42 Å². The van der Waals surface area contributed by atoms with Gasteiger partial charge >= 0.3 is 0 Å². The Morgan fingerprint density at radius 3 is 3.00 bits per heavy atom. The summed E-state index contributed by atoms with van der Waals surface area (Å²) in [6, 6.07) is 0. The molecule has 0 aliphatic carbocycles. The van der Waals surface area contributed by atoms with Crippen LogP contribution in [0.2, 0.25) is 0 Å². The number of oxazole rings is 1. The lowest BCUT2D eigenvalue weighted by Crippen LogP contribution is -1.74. The molecule has 2 nitrogen and oxygen atoms in total. The second-order valence-corrected chi connectivity index (χ2v) is 1.77. The minimum atomic E-state index is 0.313. The highest BCUT2D eigenvalue weighted by Crippen LogP contribution is 2.04. The molecule has 9 heavy (non-hydrogen) atoms. The van der Waals surface area contributed by atoms with Crippen LogP contribution in [0.25, 0.3) is 6.08 Å². The first kappa shape index (κ1) is 6.36. The second kappa shape index (κ2) is 2.69. The first-order valence-electron chi connectivity index (χ1n) is 2.49. The van der Waals surface area contributed by atoms with E-state index >= 15 is 0 Å². The average molecular weight is 144 g/mol. The molecule has 0 saturated carbocycles. The molecule has 0 aromatic carbocycles. The summed E-state index contributed by atoms with van der Waals surface area (Å²) in [5.74, 6) is 0.847. The molecule has 0 aliphatic heterocycles. The molecule has 0 amide bonds. The Balaban J connectivity index is 2.86. The van der Waals surface area contributed by atoms with Crippen LogP contribution in [0.5, 0.6) is 0 Å². The van der Waals surface area contributed by atoms with Gasteiger partial charge in [-0.2, -0.15) is 0 Å². The van der Waals surface area contributed by atoms with Gasteiger partial charge in [-0.15, -0.1) is 11.6 Å². The molecular weight excluding hydrogens is 138 g/mol. The van der Waals surface area contributed by atoms with E-state index in [4.69, 9.17) is 16.0 Å². The fourth-order valence-electron chi connectivity index (χ4n) is 0.480. The van der Waals surface area contributed by atoms with E-state index in [0.29, 0.717) is 11.8 Å². The van der Waals surface area contributed by atoms with Crippen LogP contribution in [0.4, 0.5) is 0 Å². The van der Waals surface area contributed by atoms with Crippen molar-refractivity contribution < 1.29 is 4.42 Å². The number of hydrogen-bond acceptors (Lipinski definition) is 2. The number of hydrogen-bond donors (Lipinski definition) is 0. The molecule has 0 fully saturated rings. The van der Waals surface area contributed by atoms with Crippen molar-refractivity contribution in [3.63, 3.8) is 0 Å². The monoisotopic (exact) mass is 143 g/mol. The Morgan fingerprint density at radius 1 is 1.89 bits per heavy atom. The Bertz CT molecular complexity index is 207. The average Bonchev–Trinajstić information content (AvgIpc) is 2.34. The standard InChI is InChI=1S/C6H6ClNO/c1-2-5-4-9-6(3-7)8-5/h2,4H,1,3H2. The molecule has 0 spiro atoms. The van der Waals surface area contributed by atoms with Gasteiger partial charge in [-0.05, 0) is 6.08 Å². The fraction of sp³-hybridized carbons (Fsp3) is 0.167. The van der Waals surface area contributed by atoms with Crippen molar-refractivity contribution in [2.45, 2.75) is 5.88 Å². The van der Waals surface area contributed by atoms with Gasteiger partial charge in [0.2, 0.25) is 5.89 Å². The maximum Gasteiger partial charge on any atom is 0.209 e. The van der Waals surface area contributed by atoms with Crippen molar-refractivity contribution in [1.29, 1.82) is 0 Å². The molecule has 0 radical (unpaired) electrons. The number of nitrogens with zero attached hydrogens (tertiary/aromatic N) is 1. The Kier molecular flexibility index (Phi) is 1.90. The fourth-order valence-corrected chi connectivity index (χ4v) is 0.603. The summed E-state index contributed by atoms with van der Waals surface area (Å²) in [5, 5.41) is 0.